The van der Waals surface area contributed by atoms with Crippen LogP contribution in [0.4, 0.5) is 5.13 Å². The van der Waals surface area contributed by atoms with Gasteiger partial charge in [-0.3, -0.25) is 14.5 Å². The van der Waals surface area contributed by atoms with E-state index >= 15 is 0 Å². The smallest absolute Gasteiger partial charge is 0.353 e. The van der Waals surface area contributed by atoms with Gasteiger partial charge in [-0.2, -0.15) is 5.10 Å². The summed E-state index contributed by atoms with van der Waals surface area (Å²) in [6.45, 7) is 3.33. The summed E-state index contributed by atoms with van der Waals surface area (Å²) in [7, 11) is 0. The summed E-state index contributed by atoms with van der Waals surface area (Å²) >= 11 is 2.32. The summed E-state index contributed by atoms with van der Waals surface area (Å²) in [5.74, 6) is -2.52. The van der Waals surface area contributed by atoms with Gasteiger partial charge in [-0.15, -0.1) is 28.2 Å². The van der Waals surface area contributed by atoms with Gasteiger partial charge in [0.25, 0.3) is 11.8 Å². The Morgan fingerprint density at radius 3 is 2.74 bits per heavy atom. The topological polar surface area (TPSA) is 210 Å². The number of carboxylic acid groups (broad SMARTS) is 1. The largest absolute Gasteiger partial charge is 0.477 e. The van der Waals surface area contributed by atoms with E-state index in [0.29, 0.717) is 5.57 Å². The monoisotopic (exact) mass is 522 g/mol. The molecule has 7 N–H and O–H groups in total. The van der Waals surface area contributed by atoms with Crippen LogP contribution in [0.3, 0.4) is 0 Å². The molecule has 2 atom stereocenters. The Balaban J connectivity index is 1.41. The van der Waals surface area contributed by atoms with Crippen molar-refractivity contribution < 1.29 is 24.7 Å². The van der Waals surface area contributed by atoms with E-state index in [1.165, 1.54) is 29.7 Å². The number of anilines is 1. The first-order valence-corrected chi connectivity index (χ1v) is 12.3. The van der Waals surface area contributed by atoms with Crippen molar-refractivity contribution in [2.75, 3.05) is 37.7 Å². The minimum Gasteiger partial charge on any atom is -0.477 e. The van der Waals surface area contributed by atoms with Gasteiger partial charge in [0.1, 0.15) is 29.1 Å². The van der Waals surface area contributed by atoms with Gasteiger partial charge in [-0.1, -0.05) is 5.16 Å². The van der Waals surface area contributed by atoms with Crippen LogP contribution in [-0.2, 0) is 14.4 Å². The third-order valence-corrected chi connectivity index (χ3v) is 7.24. The van der Waals surface area contributed by atoms with Gasteiger partial charge in [0.2, 0.25) is 0 Å². The SMILES string of the molecule is Nc1nc(/C(=N/O)C(=O)NC2C(=O)N3C(C(=O)O)=C(C=NN=CNN4CCNCC4)CS[C@@H]23)cs1. The Kier molecular flexibility index (Phi) is 7.59. The molecule has 186 valence electrons. The molecule has 35 heavy (non-hydrogen) atoms. The van der Waals surface area contributed by atoms with Crippen molar-refractivity contribution in [2.45, 2.75) is 11.4 Å². The molecule has 17 heteroatoms. The minimum atomic E-state index is -1.30. The molecule has 0 bridgehead atoms. The van der Waals surface area contributed by atoms with Crippen LogP contribution in [0.25, 0.3) is 0 Å². The molecule has 2 saturated heterocycles. The van der Waals surface area contributed by atoms with Crippen LogP contribution < -0.4 is 21.8 Å². The number of fused-ring (bicyclic) bond motifs is 1. The number of aromatic nitrogens is 1. The van der Waals surface area contributed by atoms with Gasteiger partial charge in [0, 0.05) is 42.9 Å². The lowest BCUT2D eigenvalue weighted by Crippen LogP contribution is -2.71. The summed E-state index contributed by atoms with van der Waals surface area (Å²) in [6, 6.07) is -1.01. The predicted molar refractivity (Wildman–Crippen MR) is 129 cm³/mol. The Labute approximate surface area is 206 Å². The highest BCUT2D eigenvalue weighted by molar-refractivity contribution is 8.00. The van der Waals surface area contributed by atoms with Crippen LogP contribution >= 0.6 is 23.1 Å². The number of carboxylic acids is 1. The van der Waals surface area contributed by atoms with Crippen molar-refractivity contribution in [3.8, 4) is 0 Å². The summed E-state index contributed by atoms with van der Waals surface area (Å²) < 4.78 is 0. The number of aliphatic carboxylic acids is 1. The Hall–Kier alpha value is -3.54. The van der Waals surface area contributed by atoms with E-state index < -0.39 is 34.9 Å². The standard InChI is InChI=1S/C18H22N10O5S2/c19-18-24-10(7-35-18)11(26-33)14(29)25-12-15(30)28-13(17(31)32)9(6-34-16(12)28)5-21-22-8-23-27-3-1-20-2-4-27/h5,7-8,12,16,20,33H,1-4,6H2,(H2,19,24)(H,22,23)(H,25,29)(H,31,32)/b21-5?,26-11-/t12?,16-/m0/s1. The number of carbonyl (C=O) groups is 3. The van der Waals surface area contributed by atoms with E-state index in [-0.39, 0.29) is 22.3 Å². The van der Waals surface area contributed by atoms with Gasteiger partial charge < -0.3 is 32.1 Å². The number of nitrogens with two attached hydrogens (primary N) is 1. The zero-order chi connectivity index (χ0) is 24.9. The molecule has 0 saturated carbocycles. The molecule has 2 fully saturated rings. The highest BCUT2D eigenvalue weighted by Gasteiger charge is 2.54. The number of nitrogens with one attached hydrogen (secondary N) is 3. The number of hydrogen-bond donors (Lipinski definition) is 6. The van der Waals surface area contributed by atoms with E-state index in [1.807, 2.05) is 5.01 Å². The second-order valence-corrected chi connectivity index (χ2v) is 9.41. The first kappa shape index (κ1) is 24.6. The third-order valence-electron chi connectivity index (χ3n) is 5.26. The quantitative estimate of drug-likeness (QED) is 0.0727. The zero-order valence-corrected chi connectivity index (χ0v) is 19.8. The molecule has 1 aromatic heterocycles. The number of β-lactam (4-membered cyclic amide) rings is 1. The van der Waals surface area contributed by atoms with Gasteiger partial charge in [-0.05, 0) is 0 Å². The first-order chi connectivity index (χ1) is 16.9. The fourth-order valence-corrected chi connectivity index (χ4v) is 5.44. The molecule has 3 aliphatic heterocycles. The average Bonchev–Trinajstić information content (AvgIpc) is 3.28. The van der Waals surface area contributed by atoms with Gasteiger partial charge in [0.15, 0.2) is 10.8 Å². The molecule has 3 aliphatic rings. The number of rotatable bonds is 8. The third kappa shape index (κ3) is 5.26. The minimum absolute atomic E-state index is 0.0593. The van der Waals surface area contributed by atoms with E-state index in [4.69, 9.17) is 5.73 Å². The number of oxime groups is 1. The number of nitrogen functional groups attached to an aromatic ring is 1. The van der Waals surface area contributed by atoms with Crippen molar-refractivity contribution in [3.05, 3.63) is 22.3 Å². The molecule has 0 radical (unpaired) electrons. The number of carbonyl (C=O) groups excluding carboxylic acids is 2. The summed E-state index contributed by atoms with van der Waals surface area (Å²) in [6.07, 6.45) is 2.70. The second kappa shape index (κ2) is 10.8. The molecule has 0 aliphatic carbocycles. The maximum atomic E-state index is 12.8. The zero-order valence-electron chi connectivity index (χ0n) is 18.1. The van der Waals surface area contributed by atoms with E-state index in [2.05, 4.69) is 36.4 Å². The lowest BCUT2D eigenvalue weighted by Gasteiger charge is -2.49. The number of hydrazine groups is 1. The lowest BCUT2D eigenvalue weighted by atomic mass is 10.0. The summed E-state index contributed by atoms with van der Waals surface area (Å²) in [5.41, 5.74) is 8.28. The van der Waals surface area contributed by atoms with Crippen LogP contribution in [-0.4, -0.2) is 105 Å². The van der Waals surface area contributed by atoms with Crippen LogP contribution in [0, 0.1) is 0 Å². The van der Waals surface area contributed by atoms with Gasteiger partial charge in [-0.25, -0.2) is 14.8 Å². The number of amides is 2. The molecule has 4 heterocycles. The second-order valence-electron chi connectivity index (χ2n) is 7.41. The molecule has 1 unspecified atom stereocenters. The van der Waals surface area contributed by atoms with Gasteiger partial charge >= 0.3 is 5.97 Å². The number of hydrogen-bond acceptors (Lipinski definition) is 13. The number of piperazine rings is 1. The molecule has 4 rings (SSSR count). The highest BCUT2D eigenvalue weighted by Crippen LogP contribution is 2.39. The fourth-order valence-electron chi connectivity index (χ4n) is 3.60. The fraction of sp³-hybridized carbons (Fsp3) is 0.389. The van der Waals surface area contributed by atoms with Crippen molar-refractivity contribution in [1.29, 1.82) is 0 Å². The Morgan fingerprint density at radius 2 is 2.09 bits per heavy atom. The Bertz CT molecular complexity index is 1130. The van der Waals surface area contributed by atoms with Gasteiger partial charge in [0.05, 0.1) is 6.21 Å². The van der Waals surface area contributed by atoms with Crippen LogP contribution in [0.2, 0.25) is 0 Å². The Morgan fingerprint density at radius 1 is 1.31 bits per heavy atom. The highest BCUT2D eigenvalue weighted by atomic mass is 32.2. The van der Waals surface area contributed by atoms with Crippen LogP contribution in [0.1, 0.15) is 5.69 Å². The maximum absolute atomic E-state index is 12.8. The summed E-state index contributed by atoms with van der Waals surface area (Å²) in [5, 5.41) is 38.3. The first-order valence-electron chi connectivity index (χ1n) is 10.3. The molecular formula is C18H22N10O5S2. The maximum Gasteiger partial charge on any atom is 0.353 e. The average molecular weight is 523 g/mol. The van der Waals surface area contributed by atoms with Crippen LogP contribution in [0.5, 0.6) is 0 Å². The molecule has 0 spiro atoms. The number of thioether (sulfide) groups is 1. The lowest BCUT2D eigenvalue weighted by molar-refractivity contribution is -0.150. The normalized spacial score (nSPS) is 23.5. The van der Waals surface area contributed by atoms with Crippen molar-refractivity contribution in [3.63, 3.8) is 0 Å². The van der Waals surface area contributed by atoms with Crippen LogP contribution in [0.15, 0.2) is 32.0 Å². The number of thiazole rings is 1. The molecule has 15 nitrogen and oxygen atoms in total. The molecule has 0 aromatic carbocycles. The molecule has 1 aromatic rings. The molecular weight excluding hydrogens is 500 g/mol. The molecule has 2 amide bonds. The van der Waals surface area contributed by atoms with E-state index in [9.17, 15) is 24.7 Å². The van der Waals surface area contributed by atoms with Crippen molar-refractivity contribution >= 4 is 64.3 Å². The number of nitrogens with zero attached hydrogens (tertiary/aromatic N) is 6. The predicted octanol–water partition coefficient (Wildman–Crippen LogP) is -1.93. The van der Waals surface area contributed by atoms with Crippen molar-refractivity contribution in [1.82, 2.24) is 31.0 Å². The van der Waals surface area contributed by atoms with E-state index in [1.54, 1.807) is 0 Å². The van der Waals surface area contributed by atoms with E-state index in [0.717, 1.165) is 42.4 Å². The summed E-state index contributed by atoms with van der Waals surface area (Å²) in [4.78, 5) is 42.2. The van der Waals surface area contributed by atoms with Crippen molar-refractivity contribution in [2.24, 2.45) is 15.4 Å².